The first-order valence-corrected chi connectivity index (χ1v) is 24.6. The molecule has 66 heavy (non-hydrogen) atoms. The van der Waals surface area contributed by atoms with Gasteiger partial charge in [-0.2, -0.15) is 0 Å². The lowest BCUT2D eigenvalue weighted by Crippen LogP contribution is -2.15. The lowest BCUT2D eigenvalue weighted by Gasteiger charge is -2.32. The summed E-state index contributed by atoms with van der Waals surface area (Å²) in [5.41, 5.74) is 15.2. The van der Waals surface area contributed by atoms with Crippen LogP contribution in [0.25, 0.3) is 118 Å². The topological polar surface area (TPSA) is 9.86 Å². The summed E-state index contributed by atoms with van der Waals surface area (Å²) in [4.78, 5) is 0. The molecule has 2 nitrogen and oxygen atoms in total. The zero-order valence-electron chi connectivity index (χ0n) is 37.4. The molecule has 4 aromatic heterocycles. The van der Waals surface area contributed by atoms with Crippen LogP contribution in [0, 0.1) is 12.7 Å². The Hall–Kier alpha value is -7.05. The van der Waals surface area contributed by atoms with E-state index in [9.17, 15) is 0 Å². The average molecular weight is 889 g/mol. The highest BCUT2D eigenvalue weighted by atomic mass is 32.1. The van der Waals surface area contributed by atoms with Gasteiger partial charge in [0, 0.05) is 73.0 Å². The molecule has 0 saturated carbocycles. The molecule has 0 aliphatic heterocycles. The number of aryl methyl sites for hydroxylation is 1. The summed E-state index contributed by atoms with van der Waals surface area (Å²) >= 11 is 3.73. The Bertz CT molecular complexity index is 4040. The fraction of sp³-hybridized carbons (Fsp3) is 0.115. The molecule has 0 unspecified atom stereocenters. The quantitative estimate of drug-likeness (QED) is 0.157. The smallest absolute Gasteiger partial charge is 0.123 e. The molecule has 0 aliphatic carbocycles. The van der Waals surface area contributed by atoms with Crippen molar-refractivity contribution in [2.45, 2.75) is 46.5 Å². The van der Waals surface area contributed by atoms with Crippen molar-refractivity contribution < 1.29 is 4.39 Å². The Kier molecular flexibility index (Phi) is 8.78. The normalized spacial score (nSPS) is 12.4. The van der Waals surface area contributed by atoms with Gasteiger partial charge in [-0.1, -0.05) is 142 Å². The summed E-state index contributed by atoms with van der Waals surface area (Å²) in [6, 6.07) is 61.4. The maximum Gasteiger partial charge on any atom is 0.123 e. The third-order valence-corrected chi connectivity index (χ3v) is 16.2. The van der Waals surface area contributed by atoms with Gasteiger partial charge in [-0.15, -0.1) is 22.7 Å². The molecule has 0 spiro atoms. The number of hydrogen-bond donors (Lipinski definition) is 0. The Balaban J connectivity index is 1.31. The Morgan fingerprint density at radius 3 is 1.26 bits per heavy atom. The Labute approximate surface area is 390 Å². The van der Waals surface area contributed by atoms with Gasteiger partial charge in [-0.25, -0.2) is 4.39 Å². The summed E-state index contributed by atoms with van der Waals surface area (Å²) < 4.78 is 25.6. The zero-order chi connectivity index (χ0) is 44.5. The highest BCUT2D eigenvalue weighted by Gasteiger charge is 2.33. The second-order valence-corrected chi connectivity index (χ2v) is 20.7. The summed E-state index contributed by atoms with van der Waals surface area (Å²) in [6.07, 6.45) is 0. The number of thiophene rings is 2. The third-order valence-electron chi connectivity index (χ3n) is 14.0. The number of fused-ring (bicyclic) bond motifs is 14. The molecular formula is C61H45FN2S2. The van der Waals surface area contributed by atoms with Crippen LogP contribution in [0.15, 0.2) is 170 Å². The minimum absolute atomic E-state index is 0.0610. The van der Waals surface area contributed by atoms with E-state index >= 15 is 4.39 Å². The Morgan fingerprint density at radius 1 is 0.379 bits per heavy atom. The molecule has 9 aromatic carbocycles. The van der Waals surface area contributed by atoms with Crippen molar-refractivity contribution in [3.05, 3.63) is 192 Å². The lowest BCUT2D eigenvalue weighted by atomic mass is 9.79. The molecule has 5 heteroatoms. The molecule has 0 bridgehead atoms. The van der Waals surface area contributed by atoms with Gasteiger partial charge >= 0.3 is 0 Å². The van der Waals surface area contributed by atoms with Crippen LogP contribution in [-0.4, -0.2) is 9.13 Å². The zero-order valence-corrected chi connectivity index (χ0v) is 39.0. The van der Waals surface area contributed by atoms with E-state index in [0.717, 1.165) is 33.4 Å². The van der Waals surface area contributed by atoms with E-state index in [0.29, 0.717) is 0 Å². The predicted octanol–water partition coefficient (Wildman–Crippen LogP) is 18.6. The van der Waals surface area contributed by atoms with Crippen LogP contribution in [0.1, 0.15) is 56.2 Å². The first-order valence-electron chi connectivity index (χ1n) is 23.0. The van der Waals surface area contributed by atoms with Gasteiger partial charge in [-0.05, 0) is 102 Å². The van der Waals surface area contributed by atoms with Gasteiger partial charge in [0.25, 0.3) is 0 Å². The molecule has 0 atom stereocenters. The van der Waals surface area contributed by atoms with Gasteiger partial charge in [0.05, 0.1) is 33.4 Å². The predicted molar refractivity (Wildman–Crippen MR) is 285 cm³/mol. The molecular weight excluding hydrogens is 844 g/mol. The fourth-order valence-electron chi connectivity index (χ4n) is 11.3. The highest BCUT2D eigenvalue weighted by molar-refractivity contribution is 7.26. The van der Waals surface area contributed by atoms with Crippen molar-refractivity contribution in [3.63, 3.8) is 0 Å². The van der Waals surface area contributed by atoms with E-state index in [-0.39, 0.29) is 17.7 Å². The van der Waals surface area contributed by atoms with Crippen LogP contribution >= 0.6 is 22.7 Å². The average Bonchev–Trinajstić information content (AvgIpc) is 4.08. The van der Waals surface area contributed by atoms with Crippen LogP contribution in [0.3, 0.4) is 0 Å². The van der Waals surface area contributed by atoms with E-state index in [1.54, 1.807) is 12.1 Å². The van der Waals surface area contributed by atoms with Crippen LogP contribution in [0.2, 0.25) is 0 Å². The summed E-state index contributed by atoms with van der Waals surface area (Å²) in [5, 5.41) is 10.2. The highest BCUT2D eigenvalue weighted by Crippen LogP contribution is 2.54. The van der Waals surface area contributed by atoms with Crippen LogP contribution in [0.4, 0.5) is 4.39 Å². The summed E-state index contributed by atoms with van der Waals surface area (Å²) in [5.74, 6) is -0.0922. The van der Waals surface area contributed by atoms with E-state index in [1.807, 2.05) is 34.8 Å². The number of nitrogens with zero attached hydrogens (tertiary/aromatic N) is 2. The van der Waals surface area contributed by atoms with Crippen molar-refractivity contribution in [1.82, 2.24) is 9.13 Å². The first-order chi connectivity index (χ1) is 32.3. The molecule has 0 saturated heterocycles. The second-order valence-electron chi connectivity index (χ2n) is 18.5. The standard InChI is InChI=1S/C61H45FN2S2/c1-34(2)52-54(37-24-22-36(5)23-25-37)61(64-45-19-11-7-15-41(45)57-47(64)31-33-51-59(57)43-17-9-13-21-49(43)66-51)55(38-26-28-39(62)29-27-38)53(35(3)4)60(52)63-44-18-10-6-14-40(44)56-46(63)30-32-50-58(56)42-16-8-12-20-48(42)65-50/h6-35H,1-5H3. The number of benzene rings is 9. The van der Waals surface area contributed by atoms with Crippen molar-refractivity contribution in [2.75, 3.05) is 0 Å². The van der Waals surface area contributed by atoms with Crippen LogP contribution in [0.5, 0.6) is 0 Å². The van der Waals surface area contributed by atoms with Gasteiger partial charge in [-0.3, -0.25) is 0 Å². The summed E-state index contributed by atoms with van der Waals surface area (Å²) in [7, 11) is 0. The van der Waals surface area contributed by atoms with Crippen molar-refractivity contribution in [1.29, 1.82) is 0 Å². The van der Waals surface area contributed by atoms with Crippen LogP contribution in [-0.2, 0) is 0 Å². The van der Waals surface area contributed by atoms with Crippen molar-refractivity contribution in [3.8, 4) is 33.6 Å². The number of aromatic nitrogens is 2. The molecule has 0 amide bonds. The molecule has 4 heterocycles. The number of rotatable bonds is 6. The maximum absolute atomic E-state index is 15.3. The molecule has 13 rings (SSSR count). The van der Waals surface area contributed by atoms with E-state index in [4.69, 9.17) is 0 Å². The lowest BCUT2D eigenvalue weighted by molar-refractivity contribution is 0.628. The SMILES string of the molecule is Cc1ccc(-c2c(C(C)C)c(-n3c4ccccc4c4c5c(ccc43)sc3ccccc35)c(C(C)C)c(-c3ccc(F)cc3)c2-n2c3ccccc3c3c4c(ccc32)sc2ccccc24)cc1. The molecule has 0 radical (unpaired) electrons. The largest absolute Gasteiger partial charge is 0.309 e. The molecule has 0 fully saturated rings. The number of hydrogen-bond acceptors (Lipinski definition) is 2. The molecule has 0 aliphatic rings. The van der Waals surface area contributed by atoms with E-state index in [1.165, 1.54) is 101 Å². The first kappa shape index (κ1) is 39.3. The Morgan fingerprint density at radius 2 is 0.788 bits per heavy atom. The number of para-hydroxylation sites is 2. The van der Waals surface area contributed by atoms with Gasteiger partial charge in [0.15, 0.2) is 0 Å². The molecule has 0 N–H and O–H groups in total. The van der Waals surface area contributed by atoms with Gasteiger partial charge in [0.2, 0.25) is 0 Å². The van der Waals surface area contributed by atoms with E-state index < -0.39 is 0 Å². The van der Waals surface area contributed by atoms with Gasteiger partial charge in [0.1, 0.15) is 5.82 Å². The third kappa shape index (κ3) is 5.57. The number of halogens is 1. The summed E-state index contributed by atoms with van der Waals surface area (Å²) in [6.45, 7) is 11.6. The fourth-order valence-corrected chi connectivity index (χ4v) is 13.5. The maximum atomic E-state index is 15.3. The van der Waals surface area contributed by atoms with Crippen molar-refractivity contribution in [2.24, 2.45) is 0 Å². The van der Waals surface area contributed by atoms with Gasteiger partial charge < -0.3 is 9.13 Å². The monoisotopic (exact) mass is 888 g/mol. The minimum Gasteiger partial charge on any atom is -0.309 e. The van der Waals surface area contributed by atoms with E-state index in [2.05, 4.69) is 189 Å². The van der Waals surface area contributed by atoms with Crippen molar-refractivity contribution >= 4 is 107 Å². The minimum atomic E-state index is -0.248. The van der Waals surface area contributed by atoms with Crippen LogP contribution < -0.4 is 0 Å². The molecule has 318 valence electrons. The second kappa shape index (κ2) is 14.7. The molecule has 13 aromatic rings.